The van der Waals surface area contributed by atoms with Crippen LogP contribution < -0.4 is 15.8 Å². The fourth-order valence-corrected chi connectivity index (χ4v) is 1.12. The first-order valence-electron chi connectivity index (χ1n) is 3.32. The van der Waals surface area contributed by atoms with E-state index in [1.165, 1.54) is 0 Å². The van der Waals surface area contributed by atoms with E-state index in [1.54, 1.807) is 6.20 Å². The molecule has 0 spiro atoms. The van der Waals surface area contributed by atoms with E-state index in [0.29, 0.717) is 5.70 Å². The van der Waals surface area contributed by atoms with Crippen LogP contribution in [-0.2, 0) is 0 Å². The smallest absolute Gasteiger partial charge is 0.148 e. The molecular formula is C9H5N2. The van der Waals surface area contributed by atoms with E-state index in [-0.39, 0.29) is 0 Å². The van der Waals surface area contributed by atoms with Crippen LogP contribution in [0, 0.1) is 11.3 Å². The average molecular weight is 141 g/mol. The van der Waals surface area contributed by atoms with Crippen molar-refractivity contribution in [2.24, 2.45) is 0 Å². The zero-order valence-corrected chi connectivity index (χ0v) is 5.78. The molecule has 2 heteroatoms. The van der Waals surface area contributed by atoms with Gasteiger partial charge in [-0.1, -0.05) is 24.3 Å². The summed E-state index contributed by atoms with van der Waals surface area (Å²) in [6, 6.07) is 9.73. The number of rotatable bonds is 0. The Kier molecular flexibility index (Phi) is 1.16. The summed E-state index contributed by atoms with van der Waals surface area (Å²) in [4.78, 5) is 0. The first-order valence-corrected chi connectivity index (χ1v) is 3.32. The third-order valence-electron chi connectivity index (χ3n) is 1.65. The summed E-state index contributed by atoms with van der Waals surface area (Å²) < 4.78 is 0. The highest BCUT2D eigenvalue weighted by atomic mass is 14.9. The van der Waals surface area contributed by atoms with Gasteiger partial charge in [0.15, 0.2) is 0 Å². The zero-order chi connectivity index (χ0) is 7.68. The van der Waals surface area contributed by atoms with E-state index in [1.807, 2.05) is 30.3 Å². The summed E-state index contributed by atoms with van der Waals surface area (Å²) in [6.45, 7) is 0. The van der Waals surface area contributed by atoms with Crippen LogP contribution in [0.1, 0.15) is 0 Å². The van der Waals surface area contributed by atoms with E-state index in [0.717, 1.165) is 10.4 Å². The van der Waals surface area contributed by atoms with E-state index >= 15 is 0 Å². The Hall–Kier alpha value is -1.75. The first-order chi connectivity index (χ1) is 5.42. The molecule has 11 heavy (non-hydrogen) atoms. The van der Waals surface area contributed by atoms with Gasteiger partial charge in [0.1, 0.15) is 11.8 Å². The van der Waals surface area contributed by atoms with Crippen LogP contribution in [0.5, 0.6) is 0 Å². The van der Waals surface area contributed by atoms with E-state index < -0.39 is 0 Å². The van der Waals surface area contributed by atoms with Crippen molar-refractivity contribution in [3.05, 3.63) is 34.7 Å². The molecule has 0 atom stereocenters. The lowest BCUT2D eigenvalue weighted by Gasteiger charge is -1.82. The van der Waals surface area contributed by atoms with E-state index in [2.05, 4.69) is 5.32 Å². The fourth-order valence-electron chi connectivity index (χ4n) is 1.12. The summed E-state index contributed by atoms with van der Waals surface area (Å²) in [5.74, 6) is 0. The lowest BCUT2D eigenvalue weighted by molar-refractivity contribution is 1.32. The number of hydrogen-bond acceptors (Lipinski definition) is 1. The minimum Gasteiger partial charge on any atom is -0.244 e. The predicted molar refractivity (Wildman–Crippen MR) is 41.3 cm³/mol. The lowest BCUT2D eigenvalue weighted by atomic mass is 10.2. The minimum atomic E-state index is 0.514. The molecule has 1 radical (unpaired) electrons. The molecule has 1 aliphatic heterocycles. The van der Waals surface area contributed by atoms with Gasteiger partial charge in [-0.3, -0.25) is 0 Å². The van der Waals surface area contributed by atoms with Gasteiger partial charge in [-0.2, -0.15) is 5.26 Å². The van der Waals surface area contributed by atoms with Crippen LogP contribution in [0.2, 0.25) is 0 Å². The summed E-state index contributed by atoms with van der Waals surface area (Å²) >= 11 is 0. The molecule has 0 saturated heterocycles. The predicted octanol–water partition coefficient (Wildman–Crippen LogP) is -0.326. The Morgan fingerprint density at radius 3 is 2.91 bits per heavy atom. The number of benzene rings is 1. The van der Waals surface area contributed by atoms with Gasteiger partial charge in [0.2, 0.25) is 0 Å². The second-order valence-corrected chi connectivity index (χ2v) is 2.31. The van der Waals surface area contributed by atoms with Gasteiger partial charge in [-0.15, -0.1) is 0 Å². The van der Waals surface area contributed by atoms with Crippen molar-refractivity contribution >= 4 is 11.9 Å². The van der Waals surface area contributed by atoms with Crippen molar-refractivity contribution in [3.8, 4) is 6.07 Å². The SMILES string of the molecule is N#CC1=c2ccccc2=C[N]1. The third-order valence-corrected chi connectivity index (χ3v) is 1.65. The third kappa shape index (κ3) is 0.786. The van der Waals surface area contributed by atoms with Crippen molar-refractivity contribution in [2.75, 3.05) is 0 Å². The molecule has 2 rings (SSSR count). The summed E-state index contributed by atoms with van der Waals surface area (Å²) in [7, 11) is 0. The van der Waals surface area contributed by atoms with E-state index in [4.69, 9.17) is 5.26 Å². The molecule has 0 bridgehead atoms. The Morgan fingerprint density at radius 2 is 2.09 bits per heavy atom. The quantitative estimate of drug-likeness (QED) is 0.487. The fraction of sp³-hybridized carbons (Fsp3) is 0. The summed E-state index contributed by atoms with van der Waals surface area (Å²) in [6.07, 6.45) is 1.72. The lowest BCUT2D eigenvalue weighted by Crippen LogP contribution is -2.21. The standard InChI is InChI=1S/C9H5N2/c10-5-9-8-4-2-1-3-7(8)6-11-9/h1-4,6H. The number of nitrogens with zero attached hydrogens (tertiary/aromatic N) is 2. The average Bonchev–Trinajstić information content (AvgIpc) is 2.47. The monoisotopic (exact) mass is 141 g/mol. The Balaban J connectivity index is 2.93. The molecule has 1 aromatic carbocycles. The van der Waals surface area contributed by atoms with Crippen molar-refractivity contribution in [2.45, 2.75) is 0 Å². The highest BCUT2D eigenvalue weighted by Gasteiger charge is 2.02. The summed E-state index contributed by atoms with van der Waals surface area (Å²) in [5.41, 5.74) is 0.514. The van der Waals surface area contributed by atoms with Crippen molar-refractivity contribution in [1.82, 2.24) is 5.32 Å². The molecule has 2 nitrogen and oxygen atoms in total. The van der Waals surface area contributed by atoms with Crippen LogP contribution in [0.4, 0.5) is 0 Å². The Morgan fingerprint density at radius 1 is 1.27 bits per heavy atom. The van der Waals surface area contributed by atoms with Gasteiger partial charge in [0.25, 0.3) is 0 Å². The molecule has 0 aromatic heterocycles. The molecule has 0 amide bonds. The normalized spacial score (nSPS) is 12.8. The number of fused-ring (bicyclic) bond motifs is 1. The van der Waals surface area contributed by atoms with Crippen LogP contribution in [-0.4, -0.2) is 0 Å². The van der Waals surface area contributed by atoms with Gasteiger partial charge >= 0.3 is 0 Å². The number of hydrogen-bond donors (Lipinski definition) is 0. The van der Waals surface area contributed by atoms with Gasteiger partial charge < -0.3 is 0 Å². The topological polar surface area (TPSA) is 37.9 Å². The van der Waals surface area contributed by atoms with Crippen LogP contribution >= 0.6 is 0 Å². The number of nitriles is 1. The highest BCUT2D eigenvalue weighted by molar-refractivity contribution is 5.65. The van der Waals surface area contributed by atoms with Gasteiger partial charge in [0, 0.05) is 16.6 Å². The molecule has 1 aliphatic rings. The van der Waals surface area contributed by atoms with Crippen molar-refractivity contribution in [3.63, 3.8) is 0 Å². The molecule has 0 aliphatic carbocycles. The van der Waals surface area contributed by atoms with Crippen molar-refractivity contribution < 1.29 is 0 Å². The van der Waals surface area contributed by atoms with Gasteiger partial charge in [-0.05, 0) is 0 Å². The molecule has 0 fully saturated rings. The maximum atomic E-state index is 8.61. The summed E-state index contributed by atoms with van der Waals surface area (Å²) in [5, 5.41) is 14.5. The second kappa shape index (κ2) is 2.14. The molecule has 0 saturated carbocycles. The molecule has 0 unspecified atom stereocenters. The maximum absolute atomic E-state index is 8.61. The molecular weight excluding hydrogens is 136 g/mol. The molecule has 51 valence electrons. The zero-order valence-electron chi connectivity index (χ0n) is 5.78. The maximum Gasteiger partial charge on any atom is 0.148 e. The van der Waals surface area contributed by atoms with E-state index in [9.17, 15) is 0 Å². The molecule has 0 N–H and O–H groups in total. The molecule has 1 heterocycles. The largest absolute Gasteiger partial charge is 0.244 e. The van der Waals surface area contributed by atoms with Crippen molar-refractivity contribution in [1.29, 1.82) is 5.26 Å². The minimum absolute atomic E-state index is 0.514. The highest BCUT2D eigenvalue weighted by Crippen LogP contribution is 1.89. The van der Waals surface area contributed by atoms with Gasteiger partial charge in [0.05, 0.1) is 0 Å². The Bertz CT molecular complexity index is 437. The first kappa shape index (κ1) is 5.99. The molecule has 1 aromatic rings. The van der Waals surface area contributed by atoms with Gasteiger partial charge in [-0.25, -0.2) is 5.32 Å². The van der Waals surface area contributed by atoms with Crippen LogP contribution in [0.3, 0.4) is 0 Å². The second-order valence-electron chi connectivity index (χ2n) is 2.31. The van der Waals surface area contributed by atoms with Crippen LogP contribution in [0.15, 0.2) is 24.3 Å². The Labute approximate surface area is 64.1 Å². The van der Waals surface area contributed by atoms with Crippen LogP contribution in [0.25, 0.3) is 11.9 Å².